The summed E-state index contributed by atoms with van der Waals surface area (Å²) < 4.78 is 51.4. The van der Waals surface area contributed by atoms with Crippen LogP contribution in [0.5, 0.6) is 0 Å². The summed E-state index contributed by atoms with van der Waals surface area (Å²) in [6, 6.07) is 0. The number of carbonyl (C=O) groups excluding carboxylic acids is 2. The Morgan fingerprint density at radius 2 is 1.67 bits per heavy atom. The largest absolute Gasteiger partial charge is 0.488 e. The number of aliphatic hydroxyl groups excluding tert-OH is 1. The van der Waals surface area contributed by atoms with E-state index in [1.807, 2.05) is 88.2 Å². The van der Waals surface area contributed by atoms with Gasteiger partial charge in [0.1, 0.15) is 41.6 Å². The molecule has 0 saturated carbocycles. The number of methoxy groups -OCH3 is 2. The van der Waals surface area contributed by atoms with Crippen LogP contribution in [0.25, 0.3) is 0 Å². The third-order valence-electron chi connectivity index (χ3n) is 11.4. The molecule has 2 saturated heterocycles. The van der Waals surface area contributed by atoms with E-state index < -0.39 is 77.8 Å². The van der Waals surface area contributed by atoms with Crippen molar-refractivity contribution < 1.29 is 52.6 Å². The molecule has 12 heteroatoms. The highest BCUT2D eigenvalue weighted by molar-refractivity contribution is 5.86. The van der Waals surface area contributed by atoms with Gasteiger partial charge in [-0.05, 0) is 81.0 Å². The summed E-state index contributed by atoms with van der Waals surface area (Å²) in [5.74, 6) is -2.44. The molecule has 0 aromatic carbocycles. The van der Waals surface area contributed by atoms with Crippen LogP contribution in [-0.2, 0) is 47.5 Å². The molecule has 1 unspecified atom stereocenters. The van der Waals surface area contributed by atoms with Gasteiger partial charge < -0.3 is 47.9 Å². The number of likely N-dealkylation sites (N-methyl/N-ethyl adjacent to an activating group) is 1. The van der Waals surface area contributed by atoms with Crippen LogP contribution in [0.3, 0.4) is 0 Å². The molecular formula is C39H69NO11. The predicted octanol–water partition coefficient (Wildman–Crippen LogP) is 5.28. The van der Waals surface area contributed by atoms with Crippen LogP contribution < -0.4 is 0 Å². The highest BCUT2D eigenvalue weighted by Gasteiger charge is 2.54. The van der Waals surface area contributed by atoms with E-state index in [4.69, 9.17) is 37.9 Å². The maximum atomic E-state index is 14.1. The number of esters is 1. The molecule has 15 atom stereocenters. The maximum absolute atomic E-state index is 14.1. The second-order valence-electron chi connectivity index (χ2n) is 16.0. The van der Waals surface area contributed by atoms with Crippen LogP contribution in [0, 0.1) is 23.7 Å². The molecule has 0 amide bonds. The van der Waals surface area contributed by atoms with Crippen LogP contribution in [0.2, 0.25) is 0 Å². The molecule has 296 valence electrons. The van der Waals surface area contributed by atoms with Crippen LogP contribution in [-0.4, -0.2) is 123 Å². The number of allylic oxidation sites excluding steroid dienone is 1. The Morgan fingerprint density at radius 1 is 1.02 bits per heavy atom. The standard InChI is InChI=1S/C39H69NO11/c1-16-22(4)46-37(28(41)20-40(12)13)50-34-25(7)33(49-30-19-38(10,45-15)35(44-14)27(9)47-30)26(8)36(43)48-29(17-2)23(5)31(42)24(6)32-21(3)18-39(34,11)51-32/h22-30,33-35,37,41H,16-20H2,1-15H3/t22-,23+,24-,25+,26-,27+,28-,29-,30+,33+,34-,35?,37+,38-,39-/m1/s1. The summed E-state index contributed by atoms with van der Waals surface area (Å²) in [6.07, 6.45) is -4.03. The Kier molecular flexibility index (Phi) is 15.6. The fourth-order valence-corrected chi connectivity index (χ4v) is 8.28. The van der Waals surface area contributed by atoms with Crippen LogP contribution in [0.1, 0.15) is 102 Å². The third-order valence-corrected chi connectivity index (χ3v) is 11.4. The Morgan fingerprint density at radius 3 is 2.22 bits per heavy atom. The highest BCUT2D eigenvalue weighted by atomic mass is 16.7. The molecule has 2 fully saturated rings. The molecule has 0 aromatic heterocycles. The van der Waals surface area contributed by atoms with Crippen molar-refractivity contribution in [3.05, 3.63) is 11.3 Å². The van der Waals surface area contributed by atoms with Gasteiger partial charge in [-0.15, -0.1) is 0 Å². The lowest BCUT2D eigenvalue weighted by molar-refractivity contribution is -0.312. The topological polar surface area (TPSA) is 131 Å². The Hall–Kier alpha value is -1.64. The molecule has 0 aromatic rings. The zero-order chi connectivity index (χ0) is 38.6. The molecule has 3 aliphatic heterocycles. The zero-order valence-corrected chi connectivity index (χ0v) is 34.0. The maximum Gasteiger partial charge on any atom is 0.311 e. The lowest BCUT2D eigenvalue weighted by Gasteiger charge is -2.48. The summed E-state index contributed by atoms with van der Waals surface area (Å²) >= 11 is 0. The molecule has 3 heterocycles. The SMILES string of the molecule is CC[C@@H](C)O[C@@H](O[C@@H]1[C@@H](C)[C@H](O[C@H]2C[C@@](C)(OC)C(OC)[C@H](C)O2)[C@@H](C)C(=O)O[C@H](CC)[C@H](C)C(=O)[C@@H](C)C2=C(C)C[C@@]1(C)O2)[C@H](O)CN(C)C. The third kappa shape index (κ3) is 9.92. The first-order chi connectivity index (χ1) is 23.8. The van der Waals surface area contributed by atoms with Gasteiger partial charge in [-0.2, -0.15) is 0 Å². The van der Waals surface area contributed by atoms with E-state index in [2.05, 4.69) is 0 Å². The second kappa shape index (κ2) is 18.1. The number of hydrogen-bond acceptors (Lipinski definition) is 12. The fourth-order valence-electron chi connectivity index (χ4n) is 8.28. The number of ether oxygens (including phenoxy) is 8. The van der Waals surface area contributed by atoms with Crippen molar-refractivity contribution in [2.75, 3.05) is 34.9 Å². The summed E-state index contributed by atoms with van der Waals surface area (Å²) in [5, 5.41) is 11.5. The number of aliphatic hydroxyl groups is 1. The van der Waals surface area contributed by atoms with Gasteiger partial charge in [0.15, 0.2) is 12.6 Å². The van der Waals surface area contributed by atoms with Crippen LogP contribution >= 0.6 is 0 Å². The number of fused-ring (bicyclic) bond motifs is 2. The van der Waals surface area contributed by atoms with Gasteiger partial charge in [0.2, 0.25) is 0 Å². The summed E-state index contributed by atoms with van der Waals surface area (Å²) in [6.45, 7) is 21.4. The van der Waals surface area contributed by atoms with Crippen molar-refractivity contribution in [3.63, 3.8) is 0 Å². The van der Waals surface area contributed by atoms with Gasteiger partial charge in [0.25, 0.3) is 0 Å². The number of Topliss-reactive ketones (excluding diaryl/α,β-unsaturated/α-hetero) is 1. The monoisotopic (exact) mass is 727 g/mol. The number of cyclic esters (lactones) is 1. The normalized spacial score (nSPS) is 40.2. The van der Waals surface area contributed by atoms with Gasteiger partial charge in [0.05, 0.1) is 41.7 Å². The summed E-state index contributed by atoms with van der Waals surface area (Å²) in [7, 11) is 7.02. The Bertz CT molecular complexity index is 1200. The van der Waals surface area contributed by atoms with E-state index in [0.717, 1.165) is 5.57 Å². The molecule has 0 radical (unpaired) electrons. The second-order valence-corrected chi connectivity index (χ2v) is 16.0. The Labute approximate surface area is 307 Å². The first kappa shape index (κ1) is 43.8. The molecule has 12 nitrogen and oxygen atoms in total. The van der Waals surface area contributed by atoms with Crippen molar-refractivity contribution in [1.82, 2.24) is 4.90 Å². The van der Waals surface area contributed by atoms with Crippen molar-refractivity contribution in [1.29, 1.82) is 0 Å². The Balaban J connectivity index is 2.20. The minimum absolute atomic E-state index is 0.0611. The van der Waals surface area contributed by atoms with Gasteiger partial charge in [-0.1, -0.05) is 27.7 Å². The molecule has 3 rings (SSSR count). The van der Waals surface area contributed by atoms with Crippen LogP contribution in [0.15, 0.2) is 11.3 Å². The number of rotatable bonds is 13. The molecule has 1 N–H and O–H groups in total. The number of ketones is 1. The molecule has 3 aliphatic rings. The summed E-state index contributed by atoms with van der Waals surface area (Å²) in [4.78, 5) is 30.0. The molecule has 0 aliphatic carbocycles. The highest BCUT2D eigenvalue weighted by Crippen LogP contribution is 2.46. The zero-order valence-electron chi connectivity index (χ0n) is 34.0. The van der Waals surface area contributed by atoms with Gasteiger partial charge in [-0.3, -0.25) is 9.59 Å². The number of hydrogen-bond donors (Lipinski definition) is 1. The van der Waals surface area contributed by atoms with Crippen LogP contribution in [0.4, 0.5) is 0 Å². The van der Waals surface area contributed by atoms with Gasteiger partial charge in [-0.25, -0.2) is 0 Å². The van der Waals surface area contributed by atoms with E-state index in [-0.39, 0.29) is 30.6 Å². The quantitative estimate of drug-likeness (QED) is 0.196. The average molecular weight is 728 g/mol. The van der Waals surface area contributed by atoms with E-state index in [1.54, 1.807) is 21.1 Å². The minimum atomic E-state index is -1.04. The summed E-state index contributed by atoms with van der Waals surface area (Å²) in [5.41, 5.74) is -0.805. The average Bonchev–Trinajstić information content (AvgIpc) is 3.39. The van der Waals surface area contributed by atoms with E-state index in [0.29, 0.717) is 31.4 Å². The number of carbonyl (C=O) groups is 2. The van der Waals surface area contributed by atoms with E-state index in [9.17, 15) is 14.7 Å². The molecular weight excluding hydrogens is 658 g/mol. The first-order valence-electron chi connectivity index (χ1n) is 18.9. The van der Waals surface area contributed by atoms with Crippen molar-refractivity contribution in [3.8, 4) is 0 Å². The smallest absolute Gasteiger partial charge is 0.311 e. The van der Waals surface area contributed by atoms with Crippen molar-refractivity contribution >= 4 is 11.8 Å². The van der Waals surface area contributed by atoms with Gasteiger partial charge in [0, 0.05) is 39.5 Å². The van der Waals surface area contributed by atoms with E-state index >= 15 is 0 Å². The first-order valence-corrected chi connectivity index (χ1v) is 18.9. The molecule has 51 heavy (non-hydrogen) atoms. The number of nitrogens with zero attached hydrogens (tertiary/aromatic N) is 1. The molecule has 2 bridgehead atoms. The lowest BCUT2D eigenvalue weighted by Crippen LogP contribution is -2.59. The van der Waals surface area contributed by atoms with Crippen molar-refractivity contribution in [2.24, 2.45) is 23.7 Å². The molecule has 0 spiro atoms. The lowest BCUT2D eigenvalue weighted by atomic mass is 9.79. The van der Waals surface area contributed by atoms with Gasteiger partial charge >= 0.3 is 5.97 Å². The van der Waals surface area contributed by atoms with Crippen molar-refractivity contribution in [2.45, 2.75) is 168 Å². The van der Waals surface area contributed by atoms with E-state index in [1.165, 1.54) is 0 Å². The minimum Gasteiger partial charge on any atom is -0.488 e. The fraction of sp³-hybridized carbons (Fsp3) is 0.897. The predicted molar refractivity (Wildman–Crippen MR) is 193 cm³/mol.